The van der Waals surface area contributed by atoms with Gasteiger partial charge in [-0.15, -0.1) is 0 Å². The summed E-state index contributed by atoms with van der Waals surface area (Å²) in [6.45, 7) is 0.132. The highest BCUT2D eigenvalue weighted by molar-refractivity contribution is 6.35. The molecule has 6 nitrogen and oxygen atoms in total. The Morgan fingerprint density at radius 2 is 2.00 bits per heavy atom. The molecule has 0 heterocycles. The van der Waals surface area contributed by atoms with Crippen molar-refractivity contribution in [1.82, 2.24) is 5.32 Å². The molecule has 0 radical (unpaired) electrons. The number of nitriles is 1. The molecule has 2 rings (SSSR count). The molecule has 2 aromatic rings. The van der Waals surface area contributed by atoms with Gasteiger partial charge in [-0.2, -0.15) is 5.26 Å². The fourth-order valence-electron chi connectivity index (χ4n) is 2.27. The summed E-state index contributed by atoms with van der Waals surface area (Å²) >= 11 is 11.7. The van der Waals surface area contributed by atoms with E-state index in [9.17, 15) is 15.2 Å². The molecule has 0 aliphatic rings. The van der Waals surface area contributed by atoms with Crippen LogP contribution in [0.25, 0.3) is 6.08 Å². The first-order chi connectivity index (χ1) is 12.9. The van der Waals surface area contributed by atoms with Crippen molar-refractivity contribution in [2.24, 2.45) is 0 Å². The molecule has 1 amide bonds. The summed E-state index contributed by atoms with van der Waals surface area (Å²) in [6.07, 6.45) is 1.22. The maximum Gasteiger partial charge on any atom is 0.262 e. The van der Waals surface area contributed by atoms with Crippen LogP contribution in [0.1, 0.15) is 11.1 Å². The largest absolute Gasteiger partial charge is 0.506 e. The van der Waals surface area contributed by atoms with Crippen LogP contribution >= 0.6 is 23.2 Å². The SMILES string of the molecule is COc1ccc(CNC(=O)/C(C#N)=C/c2cc(Cl)cc(Cl)c2O)c(OC)c1. The van der Waals surface area contributed by atoms with Crippen molar-refractivity contribution in [1.29, 1.82) is 5.26 Å². The molecule has 0 spiro atoms. The second-order valence-corrected chi connectivity index (χ2v) is 6.20. The van der Waals surface area contributed by atoms with E-state index in [1.54, 1.807) is 24.3 Å². The molecule has 0 unspecified atom stereocenters. The van der Waals surface area contributed by atoms with Crippen LogP contribution in [-0.4, -0.2) is 25.2 Å². The zero-order valence-corrected chi connectivity index (χ0v) is 16.1. The van der Waals surface area contributed by atoms with Gasteiger partial charge in [-0.3, -0.25) is 4.79 Å². The van der Waals surface area contributed by atoms with Gasteiger partial charge in [0.1, 0.15) is 28.9 Å². The lowest BCUT2D eigenvalue weighted by Gasteiger charge is -2.11. The molecular formula is C19H16Cl2N2O4. The van der Waals surface area contributed by atoms with E-state index in [-0.39, 0.29) is 33.5 Å². The van der Waals surface area contributed by atoms with Crippen molar-refractivity contribution in [3.05, 3.63) is 57.1 Å². The van der Waals surface area contributed by atoms with Gasteiger partial charge in [0, 0.05) is 28.8 Å². The first-order valence-electron chi connectivity index (χ1n) is 7.68. The van der Waals surface area contributed by atoms with Gasteiger partial charge in [0.05, 0.1) is 19.2 Å². The van der Waals surface area contributed by atoms with Gasteiger partial charge in [0.15, 0.2) is 0 Å². The van der Waals surface area contributed by atoms with E-state index >= 15 is 0 Å². The van der Waals surface area contributed by atoms with Crippen molar-refractivity contribution in [3.63, 3.8) is 0 Å². The van der Waals surface area contributed by atoms with E-state index in [0.29, 0.717) is 17.1 Å². The fraction of sp³-hybridized carbons (Fsp3) is 0.158. The Bertz CT molecular complexity index is 936. The molecule has 0 atom stereocenters. The zero-order valence-electron chi connectivity index (χ0n) is 14.5. The van der Waals surface area contributed by atoms with Crippen LogP contribution in [0.15, 0.2) is 35.9 Å². The fourth-order valence-corrected chi connectivity index (χ4v) is 2.78. The Morgan fingerprint density at radius 3 is 2.63 bits per heavy atom. The minimum absolute atomic E-state index is 0.0226. The quantitative estimate of drug-likeness (QED) is 0.559. The molecule has 0 saturated heterocycles. The summed E-state index contributed by atoms with van der Waals surface area (Å²) in [6, 6.07) is 9.73. The molecule has 0 bridgehead atoms. The molecule has 0 aromatic heterocycles. The van der Waals surface area contributed by atoms with Crippen LogP contribution in [0.2, 0.25) is 10.0 Å². The number of carbonyl (C=O) groups excluding carboxylic acids is 1. The number of rotatable bonds is 6. The molecule has 8 heteroatoms. The number of nitrogens with one attached hydrogen (secondary N) is 1. The standard InChI is InChI=1S/C19H16Cl2N2O4/c1-26-15-4-3-11(17(8-15)27-2)10-23-19(25)13(9-22)5-12-6-14(20)7-16(21)18(12)24/h3-8,24H,10H2,1-2H3,(H,23,25)/b13-5+. The minimum atomic E-state index is -0.620. The van der Waals surface area contributed by atoms with Gasteiger partial charge >= 0.3 is 0 Å². The van der Waals surface area contributed by atoms with Gasteiger partial charge in [-0.1, -0.05) is 23.2 Å². The van der Waals surface area contributed by atoms with Crippen molar-refractivity contribution >= 4 is 35.2 Å². The number of phenolic OH excluding ortho intramolecular Hbond substituents is 1. The highest BCUT2D eigenvalue weighted by atomic mass is 35.5. The van der Waals surface area contributed by atoms with Crippen molar-refractivity contribution < 1.29 is 19.4 Å². The summed E-state index contributed by atoms with van der Waals surface area (Å²) in [5.74, 6) is 0.272. The number of hydrogen-bond donors (Lipinski definition) is 2. The van der Waals surface area contributed by atoms with Gasteiger partial charge in [-0.05, 0) is 30.3 Å². The summed E-state index contributed by atoms with van der Waals surface area (Å²) in [4.78, 5) is 12.3. The average Bonchev–Trinajstić information content (AvgIpc) is 2.67. The third-order valence-corrected chi connectivity index (χ3v) is 4.16. The van der Waals surface area contributed by atoms with Crippen LogP contribution in [0.5, 0.6) is 17.2 Å². The topological polar surface area (TPSA) is 91.6 Å². The van der Waals surface area contributed by atoms with Gasteiger partial charge < -0.3 is 19.9 Å². The lowest BCUT2D eigenvalue weighted by atomic mass is 10.1. The van der Waals surface area contributed by atoms with Crippen LogP contribution in [0.3, 0.4) is 0 Å². The van der Waals surface area contributed by atoms with E-state index in [1.807, 2.05) is 0 Å². The van der Waals surface area contributed by atoms with Crippen LogP contribution < -0.4 is 14.8 Å². The van der Waals surface area contributed by atoms with E-state index < -0.39 is 5.91 Å². The Hall–Kier alpha value is -2.88. The summed E-state index contributed by atoms with van der Waals surface area (Å²) in [7, 11) is 3.05. The maximum absolute atomic E-state index is 12.3. The van der Waals surface area contributed by atoms with E-state index in [1.165, 1.54) is 32.4 Å². The third-order valence-electron chi connectivity index (χ3n) is 3.66. The molecule has 2 N–H and O–H groups in total. The maximum atomic E-state index is 12.3. The number of benzene rings is 2. The monoisotopic (exact) mass is 406 g/mol. The smallest absolute Gasteiger partial charge is 0.262 e. The average molecular weight is 407 g/mol. The number of nitrogens with zero attached hydrogens (tertiary/aromatic N) is 1. The Kier molecular flexibility index (Phi) is 6.94. The number of amides is 1. The molecule has 140 valence electrons. The van der Waals surface area contributed by atoms with Crippen molar-refractivity contribution in [2.45, 2.75) is 6.54 Å². The molecule has 0 aliphatic carbocycles. The first kappa shape index (κ1) is 20.4. The summed E-state index contributed by atoms with van der Waals surface area (Å²) in [5.41, 5.74) is 0.662. The Labute approximate surface area is 166 Å². The molecule has 0 aliphatic heterocycles. The van der Waals surface area contributed by atoms with Crippen molar-refractivity contribution in [3.8, 4) is 23.3 Å². The summed E-state index contributed by atoms with van der Waals surface area (Å²) in [5, 5.41) is 22.2. The highest BCUT2D eigenvalue weighted by Gasteiger charge is 2.14. The molecule has 2 aromatic carbocycles. The van der Waals surface area contributed by atoms with Crippen LogP contribution in [0.4, 0.5) is 0 Å². The number of phenols is 1. The van der Waals surface area contributed by atoms with Gasteiger partial charge in [-0.25, -0.2) is 0 Å². The molecule has 27 heavy (non-hydrogen) atoms. The Balaban J connectivity index is 2.21. The van der Waals surface area contributed by atoms with Crippen LogP contribution in [0, 0.1) is 11.3 Å². The second kappa shape index (κ2) is 9.17. The van der Waals surface area contributed by atoms with E-state index in [2.05, 4.69) is 5.32 Å². The van der Waals surface area contributed by atoms with E-state index in [0.717, 1.165) is 0 Å². The van der Waals surface area contributed by atoms with Crippen LogP contribution in [-0.2, 0) is 11.3 Å². The number of aromatic hydroxyl groups is 1. The number of halogens is 2. The number of ether oxygens (including phenoxy) is 2. The van der Waals surface area contributed by atoms with E-state index in [4.69, 9.17) is 32.7 Å². The predicted octanol–water partition coefficient (Wildman–Crippen LogP) is 3.94. The third kappa shape index (κ3) is 5.07. The van der Waals surface area contributed by atoms with Gasteiger partial charge in [0.25, 0.3) is 5.91 Å². The normalized spacial score (nSPS) is 10.9. The molecular weight excluding hydrogens is 391 g/mol. The number of hydrogen-bond acceptors (Lipinski definition) is 5. The first-order valence-corrected chi connectivity index (χ1v) is 8.44. The molecule has 0 saturated carbocycles. The summed E-state index contributed by atoms with van der Waals surface area (Å²) < 4.78 is 10.4. The predicted molar refractivity (Wildman–Crippen MR) is 103 cm³/mol. The minimum Gasteiger partial charge on any atom is -0.506 e. The lowest BCUT2D eigenvalue weighted by molar-refractivity contribution is -0.117. The number of carbonyl (C=O) groups is 1. The number of methoxy groups -OCH3 is 2. The molecule has 0 fully saturated rings. The Morgan fingerprint density at radius 1 is 1.26 bits per heavy atom. The lowest BCUT2D eigenvalue weighted by Crippen LogP contribution is -2.24. The van der Waals surface area contributed by atoms with Crippen molar-refractivity contribution in [2.75, 3.05) is 14.2 Å². The zero-order chi connectivity index (χ0) is 20.0. The second-order valence-electron chi connectivity index (χ2n) is 5.36. The highest BCUT2D eigenvalue weighted by Crippen LogP contribution is 2.32. The van der Waals surface area contributed by atoms with Gasteiger partial charge in [0.2, 0.25) is 0 Å².